The first kappa shape index (κ1) is 15.2. The van der Waals surface area contributed by atoms with Crippen molar-refractivity contribution in [3.63, 3.8) is 0 Å². The van der Waals surface area contributed by atoms with E-state index >= 15 is 0 Å². The largest absolute Gasteiger partial charge is 0.272 e. The van der Waals surface area contributed by atoms with Crippen LogP contribution in [0.25, 0.3) is 0 Å². The van der Waals surface area contributed by atoms with E-state index in [4.69, 9.17) is 0 Å². The Labute approximate surface area is 131 Å². The summed E-state index contributed by atoms with van der Waals surface area (Å²) in [6.45, 7) is 3.90. The molecule has 1 aliphatic carbocycles. The number of nitrogens with zero attached hydrogens (tertiary/aromatic N) is 2. The molecule has 0 radical (unpaired) electrons. The van der Waals surface area contributed by atoms with Crippen molar-refractivity contribution < 1.29 is 8.42 Å². The Bertz CT molecular complexity index is 809. The molecule has 0 amide bonds. The minimum absolute atomic E-state index is 0.191. The highest BCUT2D eigenvalue weighted by Gasteiger charge is 2.28. The van der Waals surface area contributed by atoms with Gasteiger partial charge in [0.05, 0.1) is 17.1 Å². The van der Waals surface area contributed by atoms with Crippen LogP contribution in [0, 0.1) is 13.8 Å². The van der Waals surface area contributed by atoms with Crippen LogP contribution in [0.15, 0.2) is 29.3 Å². The number of nitrogens with one attached hydrogen (secondary N) is 1. The van der Waals surface area contributed by atoms with E-state index in [1.807, 2.05) is 31.6 Å². The van der Waals surface area contributed by atoms with E-state index in [-0.39, 0.29) is 6.04 Å². The highest BCUT2D eigenvalue weighted by molar-refractivity contribution is 7.89. The van der Waals surface area contributed by atoms with Crippen LogP contribution in [0.1, 0.15) is 41.3 Å². The van der Waals surface area contributed by atoms with Crippen molar-refractivity contribution >= 4 is 10.0 Å². The predicted octanol–water partition coefficient (Wildman–Crippen LogP) is 2.39. The average molecular weight is 319 g/mol. The molecule has 0 aliphatic heterocycles. The fraction of sp³-hybridized carbons (Fsp3) is 0.438. The molecule has 22 heavy (non-hydrogen) atoms. The molecule has 1 atom stereocenters. The van der Waals surface area contributed by atoms with Gasteiger partial charge in [-0.1, -0.05) is 6.07 Å². The molecule has 0 saturated heterocycles. The topological polar surface area (TPSA) is 64.0 Å². The van der Waals surface area contributed by atoms with Crippen molar-refractivity contribution in [1.29, 1.82) is 0 Å². The molecular formula is C16H21N3O2S. The Morgan fingerprint density at radius 2 is 2.05 bits per heavy atom. The number of hydrogen-bond acceptors (Lipinski definition) is 3. The van der Waals surface area contributed by atoms with Gasteiger partial charge >= 0.3 is 0 Å². The van der Waals surface area contributed by atoms with Gasteiger partial charge in [-0.05, 0) is 56.4 Å². The van der Waals surface area contributed by atoms with Gasteiger partial charge in [0.25, 0.3) is 0 Å². The lowest BCUT2D eigenvalue weighted by molar-refractivity contribution is 0.498. The van der Waals surface area contributed by atoms with Crippen molar-refractivity contribution in [3.05, 3.63) is 46.8 Å². The summed E-state index contributed by atoms with van der Waals surface area (Å²) in [7, 11) is -1.62. The third-order valence-electron chi connectivity index (χ3n) is 4.46. The standard InChI is InChI=1S/C16H21N3O2S/c1-11-7-8-13(9-12(11)2)22(20,21)18-15-5-4-6-16-14(15)10-17-19(16)3/h7-10,15,18H,4-6H2,1-3H3/t15-/m1/s1. The number of aromatic nitrogens is 2. The molecule has 0 unspecified atom stereocenters. The molecule has 118 valence electrons. The molecule has 1 N–H and O–H groups in total. The molecule has 1 aliphatic rings. The zero-order valence-electron chi connectivity index (χ0n) is 13.1. The van der Waals surface area contributed by atoms with Crippen LogP contribution in [0.3, 0.4) is 0 Å². The SMILES string of the molecule is Cc1ccc(S(=O)(=O)N[C@@H]2CCCc3c2cnn3C)cc1C. The van der Waals surface area contributed by atoms with E-state index < -0.39 is 10.0 Å². The smallest absolute Gasteiger partial charge is 0.241 e. The summed E-state index contributed by atoms with van der Waals surface area (Å²) >= 11 is 0. The summed E-state index contributed by atoms with van der Waals surface area (Å²) in [5, 5.41) is 4.26. The van der Waals surface area contributed by atoms with Crippen molar-refractivity contribution in [2.75, 3.05) is 0 Å². The summed E-state index contributed by atoms with van der Waals surface area (Å²) in [5.41, 5.74) is 4.19. The minimum Gasteiger partial charge on any atom is -0.272 e. The molecule has 0 fully saturated rings. The van der Waals surface area contributed by atoms with E-state index in [1.54, 1.807) is 18.3 Å². The van der Waals surface area contributed by atoms with Crippen molar-refractivity contribution in [2.24, 2.45) is 7.05 Å². The quantitative estimate of drug-likeness (QED) is 0.945. The van der Waals surface area contributed by atoms with E-state index in [1.165, 1.54) is 0 Å². The molecule has 1 aromatic carbocycles. The van der Waals surface area contributed by atoms with Gasteiger partial charge in [0.1, 0.15) is 0 Å². The van der Waals surface area contributed by atoms with Gasteiger partial charge in [-0.2, -0.15) is 5.10 Å². The van der Waals surface area contributed by atoms with Crippen LogP contribution in [0.2, 0.25) is 0 Å². The van der Waals surface area contributed by atoms with Crippen LogP contribution in [-0.4, -0.2) is 18.2 Å². The lowest BCUT2D eigenvalue weighted by atomic mass is 9.94. The second-order valence-electron chi connectivity index (χ2n) is 5.98. The Balaban J connectivity index is 1.90. The third kappa shape index (κ3) is 2.68. The highest BCUT2D eigenvalue weighted by Crippen LogP contribution is 2.30. The number of aryl methyl sites for hydroxylation is 3. The molecule has 0 saturated carbocycles. The van der Waals surface area contributed by atoms with E-state index in [0.29, 0.717) is 4.90 Å². The Hall–Kier alpha value is -1.66. The zero-order chi connectivity index (χ0) is 15.9. The summed E-state index contributed by atoms with van der Waals surface area (Å²) in [6.07, 6.45) is 4.51. The fourth-order valence-electron chi connectivity index (χ4n) is 2.97. The molecule has 5 nitrogen and oxygen atoms in total. The van der Waals surface area contributed by atoms with Gasteiger partial charge in [0, 0.05) is 18.3 Å². The van der Waals surface area contributed by atoms with Crippen LogP contribution < -0.4 is 4.72 Å². The molecule has 6 heteroatoms. The first-order chi connectivity index (χ1) is 10.4. The lowest BCUT2D eigenvalue weighted by Crippen LogP contribution is -2.31. The van der Waals surface area contributed by atoms with Gasteiger partial charge in [-0.3, -0.25) is 4.68 Å². The minimum atomic E-state index is -3.52. The molecule has 1 aromatic heterocycles. The maximum Gasteiger partial charge on any atom is 0.241 e. The van der Waals surface area contributed by atoms with Crippen molar-refractivity contribution in [2.45, 2.75) is 44.0 Å². The monoisotopic (exact) mass is 319 g/mol. The maximum atomic E-state index is 12.6. The number of hydrogen-bond donors (Lipinski definition) is 1. The second-order valence-corrected chi connectivity index (χ2v) is 7.70. The van der Waals surface area contributed by atoms with E-state index in [9.17, 15) is 8.42 Å². The van der Waals surface area contributed by atoms with Gasteiger partial charge in [-0.15, -0.1) is 0 Å². The number of fused-ring (bicyclic) bond motifs is 1. The highest BCUT2D eigenvalue weighted by atomic mass is 32.2. The van der Waals surface area contributed by atoms with Crippen LogP contribution in [0.5, 0.6) is 0 Å². The number of sulfonamides is 1. The van der Waals surface area contributed by atoms with Gasteiger partial charge in [0.15, 0.2) is 0 Å². The zero-order valence-corrected chi connectivity index (χ0v) is 13.9. The van der Waals surface area contributed by atoms with Crippen LogP contribution in [-0.2, 0) is 23.5 Å². The fourth-order valence-corrected chi connectivity index (χ4v) is 4.30. The second kappa shape index (κ2) is 5.52. The molecule has 0 spiro atoms. The molecule has 0 bridgehead atoms. The first-order valence-corrected chi connectivity index (χ1v) is 8.97. The molecule has 1 heterocycles. The summed E-state index contributed by atoms with van der Waals surface area (Å²) in [4.78, 5) is 0.326. The Morgan fingerprint density at radius 1 is 1.27 bits per heavy atom. The van der Waals surface area contributed by atoms with Gasteiger partial charge in [0.2, 0.25) is 10.0 Å². The lowest BCUT2D eigenvalue weighted by Gasteiger charge is -2.23. The normalized spacial score (nSPS) is 18.2. The summed E-state index contributed by atoms with van der Waals surface area (Å²) in [6, 6.07) is 5.05. The summed E-state index contributed by atoms with van der Waals surface area (Å²) in [5.74, 6) is 0. The van der Waals surface area contributed by atoms with E-state index in [0.717, 1.165) is 41.6 Å². The van der Waals surface area contributed by atoms with Crippen LogP contribution in [0.4, 0.5) is 0 Å². The molecule has 2 aromatic rings. The predicted molar refractivity (Wildman–Crippen MR) is 85.1 cm³/mol. The van der Waals surface area contributed by atoms with E-state index in [2.05, 4.69) is 9.82 Å². The van der Waals surface area contributed by atoms with Crippen LogP contribution >= 0.6 is 0 Å². The molecular weight excluding hydrogens is 298 g/mol. The first-order valence-electron chi connectivity index (χ1n) is 7.49. The summed E-state index contributed by atoms with van der Waals surface area (Å²) < 4.78 is 30.0. The van der Waals surface area contributed by atoms with Crippen molar-refractivity contribution in [3.8, 4) is 0 Å². The number of rotatable bonds is 3. The molecule has 3 rings (SSSR count). The van der Waals surface area contributed by atoms with Gasteiger partial charge in [-0.25, -0.2) is 13.1 Å². The number of benzene rings is 1. The van der Waals surface area contributed by atoms with Gasteiger partial charge < -0.3 is 0 Å². The Kier molecular flexibility index (Phi) is 3.82. The average Bonchev–Trinajstić information content (AvgIpc) is 2.84. The Morgan fingerprint density at radius 3 is 2.77 bits per heavy atom. The third-order valence-corrected chi connectivity index (χ3v) is 5.93. The van der Waals surface area contributed by atoms with Crippen molar-refractivity contribution in [1.82, 2.24) is 14.5 Å². The maximum absolute atomic E-state index is 12.6.